The van der Waals surface area contributed by atoms with Gasteiger partial charge in [-0.3, -0.25) is 9.59 Å². The van der Waals surface area contributed by atoms with Gasteiger partial charge in [0.2, 0.25) is 11.8 Å². The number of amides is 2. The standard InChI is InChI=1S/C19H34N4O2/c1-3-18(24)20-17-6-5-15-13-23(14-16(15)17)19(25)7-8-22-11-9-21(4-2)10-12-22/h15-17H,3-14H2,1-2H3,(H,20,24). The largest absolute Gasteiger partial charge is 0.353 e. The number of fused-ring (bicyclic) bond motifs is 1. The van der Waals surface area contributed by atoms with Crippen molar-refractivity contribution in [1.82, 2.24) is 20.0 Å². The van der Waals surface area contributed by atoms with E-state index in [0.29, 0.717) is 30.6 Å². The summed E-state index contributed by atoms with van der Waals surface area (Å²) in [5.41, 5.74) is 0. The van der Waals surface area contributed by atoms with Crippen LogP contribution in [-0.2, 0) is 9.59 Å². The van der Waals surface area contributed by atoms with Crippen LogP contribution in [0.15, 0.2) is 0 Å². The van der Waals surface area contributed by atoms with Crippen LogP contribution in [0.4, 0.5) is 0 Å². The predicted molar refractivity (Wildman–Crippen MR) is 98.2 cm³/mol. The molecular weight excluding hydrogens is 316 g/mol. The van der Waals surface area contributed by atoms with E-state index >= 15 is 0 Å². The number of nitrogens with one attached hydrogen (secondary N) is 1. The van der Waals surface area contributed by atoms with Gasteiger partial charge in [0.1, 0.15) is 0 Å². The van der Waals surface area contributed by atoms with Gasteiger partial charge in [-0.15, -0.1) is 0 Å². The molecule has 3 aliphatic rings. The second-order valence-electron chi connectivity index (χ2n) is 7.85. The van der Waals surface area contributed by atoms with E-state index in [1.807, 2.05) is 6.92 Å². The zero-order valence-electron chi connectivity index (χ0n) is 15.9. The predicted octanol–water partition coefficient (Wildman–Crippen LogP) is 0.777. The average Bonchev–Trinajstić information content (AvgIpc) is 3.22. The number of carbonyl (C=O) groups is 2. The summed E-state index contributed by atoms with van der Waals surface area (Å²) in [6.07, 6.45) is 3.40. The molecule has 3 unspecified atom stereocenters. The summed E-state index contributed by atoms with van der Waals surface area (Å²) in [4.78, 5) is 31.3. The molecule has 2 amide bonds. The Balaban J connectivity index is 1.41. The summed E-state index contributed by atoms with van der Waals surface area (Å²) in [6, 6.07) is 0.275. The number of likely N-dealkylation sites (tertiary alicyclic amines) is 1. The Hall–Kier alpha value is -1.14. The summed E-state index contributed by atoms with van der Waals surface area (Å²) in [5, 5.41) is 3.16. The zero-order valence-corrected chi connectivity index (χ0v) is 15.9. The number of likely N-dealkylation sites (N-methyl/N-ethyl adjacent to an activating group) is 1. The minimum atomic E-state index is 0.140. The van der Waals surface area contributed by atoms with Gasteiger partial charge in [-0.25, -0.2) is 0 Å². The highest BCUT2D eigenvalue weighted by atomic mass is 16.2. The van der Waals surface area contributed by atoms with Crippen molar-refractivity contribution in [3.05, 3.63) is 0 Å². The Morgan fingerprint density at radius 2 is 1.72 bits per heavy atom. The van der Waals surface area contributed by atoms with Crippen LogP contribution in [0.1, 0.15) is 39.5 Å². The second kappa shape index (κ2) is 8.49. The van der Waals surface area contributed by atoms with Crippen molar-refractivity contribution in [2.24, 2.45) is 11.8 Å². The molecule has 2 heterocycles. The SMILES string of the molecule is CCC(=O)NC1CCC2CN(C(=O)CCN3CCN(CC)CC3)CC21. The molecule has 2 saturated heterocycles. The topological polar surface area (TPSA) is 55.9 Å². The Kier molecular flexibility index (Phi) is 6.34. The third kappa shape index (κ3) is 4.53. The van der Waals surface area contributed by atoms with Crippen molar-refractivity contribution in [3.8, 4) is 0 Å². The fourth-order valence-electron chi connectivity index (χ4n) is 4.70. The first-order valence-electron chi connectivity index (χ1n) is 10.1. The first kappa shape index (κ1) is 18.6. The molecular formula is C19H34N4O2. The Labute approximate surface area is 151 Å². The van der Waals surface area contributed by atoms with Crippen LogP contribution in [0, 0.1) is 11.8 Å². The Morgan fingerprint density at radius 3 is 2.40 bits per heavy atom. The molecule has 0 spiro atoms. The first-order valence-corrected chi connectivity index (χ1v) is 10.1. The maximum atomic E-state index is 12.6. The Bertz CT molecular complexity index is 476. The third-order valence-electron chi connectivity index (χ3n) is 6.43. The van der Waals surface area contributed by atoms with Gasteiger partial charge >= 0.3 is 0 Å². The van der Waals surface area contributed by atoms with Crippen molar-refractivity contribution in [1.29, 1.82) is 0 Å². The van der Waals surface area contributed by atoms with Crippen LogP contribution < -0.4 is 5.32 Å². The van der Waals surface area contributed by atoms with Gasteiger partial charge in [-0.2, -0.15) is 0 Å². The number of hydrogen-bond acceptors (Lipinski definition) is 4. The molecule has 0 aromatic carbocycles. The van der Waals surface area contributed by atoms with Crippen LogP contribution in [0.2, 0.25) is 0 Å². The quantitative estimate of drug-likeness (QED) is 0.769. The van der Waals surface area contributed by atoms with Gasteiger partial charge in [0, 0.05) is 70.6 Å². The monoisotopic (exact) mass is 350 g/mol. The van der Waals surface area contributed by atoms with E-state index in [1.54, 1.807) is 0 Å². The van der Waals surface area contributed by atoms with Gasteiger partial charge in [0.05, 0.1) is 0 Å². The molecule has 3 rings (SSSR count). The molecule has 1 N–H and O–H groups in total. The van der Waals surface area contributed by atoms with Crippen molar-refractivity contribution >= 4 is 11.8 Å². The van der Waals surface area contributed by atoms with Gasteiger partial charge in [0.15, 0.2) is 0 Å². The number of piperazine rings is 1. The van der Waals surface area contributed by atoms with Crippen molar-refractivity contribution in [2.45, 2.75) is 45.6 Å². The maximum Gasteiger partial charge on any atom is 0.223 e. The van der Waals surface area contributed by atoms with E-state index in [0.717, 1.165) is 65.2 Å². The van der Waals surface area contributed by atoms with Crippen LogP contribution >= 0.6 is 0 Å². The van der Waals surface area contributed by atoms with E-state index in [1.165, 1.54) is 0 Å². The maximum absolute atomic E-state index is 12.6. The zero-order chi connectivity index (χ0) is 17.8. The number of nitrogens with zero attached hydrogens (tertiary/aromatic N) is 3. The molecule has 0 aromatic heterocycles. The summed E-state index contributed by atoms with van der Waals surface area (Å²) >= 11 is 0. The Morgan fingerprint density at radius 1 is 1.00 bits per heavy atom. The van der Waals surface area contributed by atoms with Crippen LogP contribution in [0.3, 0.4) is 0 Å². The van der Waals surface area contributed by atoms with E-state index in [2.05, 4.69) is 26.9 Å². The molecule has 0 radical (unpaired) electrons. The molecule has 25 heavy (non-hydrogen) atoms. The second-order valence-corrected chi connectivity index (χ2v) is 7.85. The van der Waals surface area contributed by atoms with Gasteiger partial charge in [-0.05, 0) is 25.3 Å². The minimum Gasteiger partial charge on any atom is -0.353 e. The smallest absolute Gasteiger partial charge is 0.223 e. The highest BCUT2D eigenvalue weighted by Gasteiger charge is 2.44. The van der Waals surface area contributed by atoms with Crippen molar-refractivity contribution < 1.29 is 9.59 Å². The molecule has 3 fully saturated rings. The molecule has 1 saturated carbocycles. The number of carbonyl (C=O) groups excluding carboxylic acids is 2. The molecule has 0 bridgehead atoms. The van der Waals surface area contributed by atoms with Gasteiger partial charge < -0.3 is 20.0 Å². The summed E-state index contributed by atoms with van der Waals surface area (Å²) < 4.78 is 0. The lowest BCUT2D eigenvalue weighted by molar-refractivity contribution is -0.130. The molecule has 2 aliphatic heterocycles. The van der Waals surface area contributed by atoms with Gasteiger partial charge in [-0.1, -0.05) is 13.8 Å². The van der Waals surface area contributed by atoms with E-state index < -0.39 is 0 Å². The van der Waals surface area contributed by atoms with Crippen LogP contribution in [0.25, 0.3) is 0 Å². The number of rotatable bonds is 6. The fourth-order valence-corrected chi connectivity index (χ4v) is 4.70. The molecule has 1 aliphatic carbocycles. The minimum absolute atomic E-state index is 0.140. The summed E-state index contributed by atoms with van der Waals surface area (Å²) in [7, 11) is 0. The number of hydrogen-bond donors (Lipinski definition) is 1. The molecule has 6 nitrogen and oxygen atoms in total. The lowest BCUT2D eigenvalue weighted by atomic mass is 9.98. The molecule has 6 heteroatoms. The van der Waals surface area contributed by atoms with Crippen LogP contribution in [-0.4, -0.2) is 84.9 Å². The average molecular weight is 351 g/mol. The van der Waals surface area contributed by atoms with E-state index in [4.69, 9.17) is 0 Å². The summed E-state index contributed by atoms with van der Waals surface area (Å²) in [5.74, 6) is 1.49. The fraction of sp³-hybridized carbons (Fsp3) is 0.895. The molecule has 142 valence electrons. The van der Waals surface area contributed by atoms with Crippen LogP contribution in [0.5, 0.6) is 0 Å². The normalized spacial score (nSPS) is 30.5. The highest BCUT2D eigenvalue weighted by Crippen LogP contribution is 2.38. The molecule has 3 atom stereocenters. The van der Waals surface area contributed by atoms with Crippen molar-refractivity contribution in [3.63, 3.8) is 0 Å². The van der Waals surface area contributed by atoms with E-state index in [9.17, 15) is 9.59 Å². The lowest BCUT2D eigenvalue weighted by Gasteiger charge is -2.34. The first-order chi connectivity index (χ1) is 12.1. The van der Waals surface area contributed by atoms with Crippen molar-refractivity contribution in [2.75, 3.05) is 52.4 Å². The van der Waals surface area contributed by atoms with E-state index in [-0.39, 0.29) is 11.9 Å². The highest BCUT2D eigenvalue weighted by molar-refractivity contribution is 5.77. The molecule has 0 aromatic rings. The van der Waals surface area contributed by atoms with Gasteiger partial charge in [0.25, 0.3) is 0 Å². The summed E-state index contributed by atoms with van der Waals surface area (Å²) in [6.45, 7) is 12.3. The third-order valence-corrected chi connectivity index (χ3v) is 6.43. The lowest BCUT2D eigenvalue weighted by Crippen LogP contribution is -2.47.